The fourth-order valence-corrected chi connectivity index (χ4v) is 4.96. The fraction of sp³-hybridized carbons (Fsp3) is 0.450. The molecule has 4 fully saturated rings. The van der Waals surface area contributed by atoms with Gasteiger partial charge in [0.1, 0.15) is 23.0 Å². The van der Waals surface area contributed by atoms with E-state index in [0.717, 1.165) is 31.7 Å². The zero-order valence-electron chi connectivity index (χ0n) is 15.1. The number of halogens is 1. The molecule has 8 heteroatoms. The smallest absolute Gasteiger partial charge is 0.341 e. The highest BCUT2D eigenvalue weighted by atomic mass is 19.1. The molecule has 2 aliphatic carbocycles. The Morgan fingerprint density at radius 1 is 1.39 bits per heavy atom. The minimum absolute atomic E-state index is 0.0159. The molecule has 2 saturated heterocycles. The zero-order chi connectivity index (χ0) is 19.8. The van der Waals surface area contributed by atoms with Gasteiger partial charge in [0.25, 0.3) is 0 Å². The van der Waals surface area contributed by atoms with Crippen LogP contribution in [0.25, 0.3) is 10.9 Å². The number of hydrogen-bond acceptors (Lipinski definition) is 5. The standard InChI is InChI=1S/C20H19FN4O3/c21-15-3-12-16(25(11-1-2-11)8-14(18(12)26)19(27)28)13(6-22)17(15)24-7-10-4-20(23,5-10)9-24/h3,8,10-11H,1-2,4-5,7,9,23H2,(H,27,28). The van der Waals surface area contributed by atoms with Crippen LogP contribution < -0.4 is 16.1 Å². The number of rotatable bonds is 3. The number of nitrogens with zero attached hydrogens (tertiary/aromatic N) is 3. The largest absolute Gasteiger partial charge is 0.477 e. The Bertz CT molecular complexity index is 1140. The van der Waals surface area contributed by atoms with Gasteiger partial charge in [-0.1, -0.05) is 0 Å². The van der Waals surface area contributed by atoms with E-state index >= 15 is 4.39 Å². The summed E-state index contributed by atoms with van der Waals surface area (Å²) >= 11 is 0. The highest BCUT2D eigenvalue weighted by molar-refractivity contribution is 5.96. The number of anilines is 1. The molecule has 0 atom stereocenters. The van der Waals surface area contributed by atoms with Gasteiger partial charge in [-0.2, -0.15) is 5.26 Å². The second-order valence-electron chi connectivity index (χ2n) is 8.42. The number of nitrogens with two attached hydrogens (primary N) is 1. The maximum absolute atomic E-state index is 15.2. The van der Waals surface area contributed by atoms with Crippen LogP contribution >= 0.6 is 0 Å². The van der Waals surface area contributed by atoms with Crippen LogP contribution in [-0.2, 0) is 0 Å². The highest BCUT2D eigenvalue weighted by Crippen LogP contribution is 2.45. The molecular formula is C20H19FN4O3. The number of pyridine rings is 1. The molecule has 144 valence electrons. The van der Waals surface area contributed by atoms with Crippen molar-refractivity contribution in [3.05, 3.63) is 39.4 Å². The fourth-order valence-electron chi connectivity index (χ4n) is 4.96. The van der Waals surface area contributed by atoms with Crippen molar-refractivity contribution in [1.29, 1.82) is 5.26 Å². The third-order valence-electron chi connectivity index (χ3n) is 6.22. The van der Waals surface area contributed by atoms with Gasteiger partial charge in [-0.05, 0) is 37.7 Å². The van der Waals surface area contributed by atoms with Gasteiger partial charge in [-0.25, -0.2) is 9.18 Å². The van der Waals surface area contributed by atoms with Gasteiger partial charge < -0.3 is 20.3 Å². The first-order chi connectivity index (χ1) is 13.3. The third-order valence-corrected chi connectivity index (χ3v) is 6.22. The van der Waals surface area contributed by atoms with Crippen LogP contribution in [0.2, 0.25) is 0 Å². The Morgan fingerprint density at radius 2 is 2.11 bits per heavy atom. The molecule has 7 nitrogen and oxygen atoms in total. The Kier molecular flexibility index (Phi) is 3.41. The lowest BCUT2D eigenvalue weighted by Crippen LogP contribution is -2.66. The van der Waals surface area contributed by atoms with Crippen molar-refractivity contribution in [2.75, 3.05) is 18.0 Å². The molecule has 0 unspecified atom stereocenters. The number of carbonyl (C=O) groups is 1. The van der Waals surface area contributed by atoms with Crippen molar-refractivity contribution >= 4 is 22.6 Å². The molecular weight excluding hydrogens is 363 g/mol. The monoisotopic (exact) mass is 382 g/mol. The molecule has 4 aliphatic rings. The number of nitriles is 1. The average molecular weight is 382 g/mol. The van der Waals surface area contributed by atoms with Crippen LogP contribution in [0, 0.1) is 23.1 Å². The number of aromatic carboxylic acids is 1. The number of piperidine rings is 2. The molecule has 0 radical (unpaired) electrons. The third kappa shape index (κ3) is 2.36. The summed E-state index contributed by atoms with van der Waals surface area (Å²) in [4.78, 5) is 26.0. The summed E-state index contributed by atoms with van der Waals surface area (Å²) in [6, 6.07) is 3.19. The molecule has 3 heterocycles. The zero-order valence-corrected chi connectivity index (χ0v) is 15.1. The van der Waals surface area contributed by atoms with Gasteiger partial charge >= 0.3 is 5.97 Å². The lowest BCUT2D eigenvalue weighted by Gasteiger charge is -2.55. The molecule has 6 rings (SSSR count). The van der Waals surface area contributed by atoms with E-state index in [2.05, 4.69) is 6.07 Å². The maximum Gasteiger partial charge on any atom is 0.341 e. The molecule has 2 aromatic rings. The number of fused-ring (bicyclic) bond motifs is 3. The van der Waals surface area contributed by atoms with Crippen LogP contribution in [0.15, 0.2) is 17.1 Å². The van der Waals surface area contributed by atoms with Crippen molar-refractivity contribution in [3.8, 4) is 6.07 Å². The predicted molar refractivity (Wildman–Crippen MR) is 100.0 cm³/mol. The van der Waals surface area contributed by atoms with Gasteiger partial charge in [0, 0.05) is 30.9 Å². The van der Waals surface area contributed by atoms with Gasteiger partial charge in [0.2, 0.25) is 5.43 Å². The van der Waals surface area contributed by atoms with Gasteiger partial charge in [-0.3, -0.25) is 4.79 Å². The first-order valence-electron chi connectivity index (χ1n) is 9.40. The Labute approximate surface area is 159 Å². The summed E-state index contributed by atoms with van der Waals surface area (Å²) in [7, 11) is 0. The molecule has 3 N–H and O–H groups in total. The van der Waals surface area contributed by atoms with Crippen molar-refractivity contribution in [2.24, 2.45) is 11.7 Å². The summed E-state index contributed by atoms with van der Waals surface area (Å²) in [6.45, 7) is 1.08. The van der Waals surface area contributed by atoms with Crippen molar-refractivity contribution in [1.82, 2.24) is 4.57 Å². The summed E-state index contributed by atoms with van der Waals surface area (Å²) in [6.07, 6.45) is 4.74. The van der Waals surface area contributed by atoms with Crippen LogP contribution in [0.1, 0.15) is 47.6 Å². The minimum Gasteiger partial charge on any atom is -0.477 e. The van der Waals surface area contributed by atoms with E-state index in [1.54, 1.807) is 4.57 Å². The number of benzene rings is 1. The average Bonchev–Trinajstić information content (AvgIpc) is 3.45. The Balaban J connectivity index is 1.80. The van der Waals surface area contributed by atoms with Gasteiger partial charge in [-0.15, -0.1) is 0 Å². The number of carboxylic acid groups (broad SMARTS) is 1. The van der Waals surface area contributed by atoms with Crippen LogP contribution in [-0.4, -0.2) is 34.3 Å². The van der Waals surface area contributed by atoms with E-state index in [1.807, 2.05) is 4.90 Å². The summed E-state index contributed by atoms with van der Waals surface area (Å²) in [5.41, 5.74) is 5.37. The van der Waals surface area contributed by atoms with Gasteiger partial charge in [0.05, 0.1) is 16.6 Å². The molecule has 0 spiro atoms. The van der Waals surface area contributed by atoms with E-state index in [9.17, 15) is 20.0 Å². The molecule has 2 aliphatic heterocycles. The van der Waals surface area contributed by atoms with Crippen LogP contribution in [0.3, 0.4) is 0 Å². The first-order valence-corrected chi connectivity index (χ1v) is 9.40. The molecule has 2 saturated carbocycles. The van der Waals surface area contributed by atoms with E-state index in [1.165, 1.54) is 6.20 Å². The van der Waals surface area contributed by atoms with Crippen molar-refractivity contribution in [2.45, 2.75) is 37.3 Å². The molecule has 1 aromatic carbocycles. The van der Waals surface area contributed by atoms with E-state index in [4.69, 9.17) is 5.73 Å². The van der Waals surface area contributed by atoms with Crippen LogP contribution in [0.4, 0.5) is 10.1 Å². The first kappa shape index (κ1) is 17.2. The van der Waals surface area contributed by atoms with Crippen molar-refractivity contribution in [3.63, 3.8) is 0 Å². The van der Waals surface area contributed by atoms with Gasteiger partial charge in [0.15, 0.2) is 0 Å². The van der Waals surface area contributed by atoms with E-state index < -0.39 is 22.8 Å². The maximum atomic E-state index is 15.2. The quantitative estimate of drug-likeness (QED) is 0.839. The lowest BCUT2D eigenvalue weighted by atomic mass is 9.65. The summed E-state index contributed by atoms with van der Waals surface area (Å²) in [5.74, 6) is -1.66. The van der Waals surface area contributed by atoms with Crippen LogP contribution in [0.5, 0.6) is 0 Å². The minimum atomic E-state index is -1.36. The van der Waals surface area contributed by atoms with Crippen molar-refractivity contribution < 1.29 is 14.3 Å². The molecule has 0 amide bonds. The Morgan fingerprint density at radius 3 is 2.68 bits per heavy atom. The molecule has 28 heavy (non-hydrogen) atoms. The Hall–Kier alpha value is -2.92. The van der Waals surface area contributed by atoms with E-state index in [0.29, 0.717) is 24.5 Å². The SMILES string of the molecule is N#Cc1c(N2CC3CC(N)(C3)C2)c(F)cc2c(=O)c(C(=O)O)cn(C3CC3)c12. The second kappa shape index (κ2) is 5.55. The lowest BCUT2D eigenvalue weighted by molar-refractivity contribution is 0.0694. The molecule has 2 bridgehead atoms. The second-order valence-corrected chi connectivity index (χ2v) is 8.42. The highest BCUT2D eigenvalue weighted by Gasteiger charge is 2.48. The normalized spacial score (nSPS) is 26.0. The summed E-state index contributed by atoms with van der Waals surface area (Å²) < 4.78 is 16.8. The number of hydrogen-bond donors (Lipinski definition) is 2. The molecule has 1 aromatic heterocycles. The topological polar surface area (TPSA) is 112 Å². The van der Waals surface area contributed by atoms with E-state index in [-0.39, 0.29) is 28.2 Å². The predicted octanol–water partition coefficient (Wildman–Crippen LogP) is 1.97. The number of aromatic nitrogens is 1. The summed E-state index contributed by atoms with van der Waals surface area (Å²) in [5, 5.41) is 19.2. The number of carboxylic acids is 1.